The molecule has 2 aliphatic rings. The van der Waals surface area contributed by atoms with E-state index in [1.165, 1.54) is 12.1 Å². The van der Waals surface area contributed by atoms with Crippen LogP contribution in [0.4, 0.5) is 10.1 Å². The molecule has 0 aliphatic carbocycles. The highest BCUT2D eigenvalue weighted by atomic mass is 19.1. The lowest BCUT2D eigenvalue weighted by molar-refractivity contribution is 0.311. The second-order valence-electron chi connectivity index (χ2n) is 9.23. The van der Waals surface area contributed by atoms with Gasteiger partial charge in [0.2, 0.25) is 0 Å². The van der Waals surface area contributed by atoms with Crippen LogP contribution in [0.5, 0.6) is 5.75 Å². The Labute approximate surface area is 202 Å². The minimum Gasteiger partial charge on any atom is -0.490 e. The molecule has 35 heavy (non-hydrogen) atoms. The first-order valence-electron chi connectivity index (χ1n) is 11.9. The molecule has 0 amide bonds. The van der Waals surface area contributed by atoms with Crippen molar-refractivity contribution in [1.82, 2.24) is 19.9 Å². The summed E-state index contributed by atoms with van der Waals surface area (Å²) in [5.41, 5.74) is 5.71. The number of fused-ring (bicyclic) bond motifs is 2. The van der Waals surface area contributed by atoms with Gasteiger partial charge in [0.15, 0.2) is 0 Å². The lowest BCUT2D eigenvalue weighted by Crippen LogP contribution is -2.28. The summed E-state index contributed by atoms with van der Waals surface area (Å²) in [4.78, 5) is 11.8. The van der Waals surface area contributed by atoms with Gasteiger partial charge >= 0.3 is 0 Å². The number of rotatable bonds is 4. The standard InChI is InChI=1S/C27H25FN6O/c1-33-8-9-35-24-5-4-19(11-22(24)33)26-25(18-2-3-20(12-29)21(28)10-18)27-23(14-31-26)34(16-32-27)15-17-6-7-30-13-17/h2-5,10-11,14,16-17,30H,6-9,13,15H2,1H3/t17-/m0/s1. The zero-order valence-electron chi connectivity index (χ0n) is 19.5. The zero-order chi connectivity index (χ0) is 23.9. The highest BCUT2D eigenvalue weighted by molar-refractivity contribution is 5.99. The van der Waals surface area contributed by atoms with Crippen LogP contribution in [0.1, 0.15) is 12.0 Å². The first-order valence-corrected chi connectivity index (χ1v) is 11.9. The number of pyridine rings is 1. The maximum atomic E-state index is 14.7. The Bertz CT molecular complexity index is 1470. The van der Waals surface area contributed by atoms with Crippen molar-refractivity contribution in [2.24, 2.45) is 5.92 Å². The maximum absolute atomic E-state index is 14.7. The van der Waals surface area contributed by atoms with Gasteiger partial charge in [-0.25, -0.2) is 9.37 Å². The van der Waals surface area contributed by atoms with Crippen LogP contribution in [-0.2, 0) is 6.54 Å². The van der Waals surface area contributed by atoms with Crippen molar-refractivity contribution >= 4 is 16.7 Å². The van der Waals surface area contributed by atoms with E-state index in [4.69, 9.17) is 14.7 Å². The first kappa shape index (κ1) is 21.6. The third-order valence-corrected chi connectivity index (χ3v) is 6.99. The normalized spacial score (nSPS) is 17.3. The number of nitrogens with one attached hydrogen (secondary N) is 1. The fourth-order valence-electron chi connectivity index (χ4n) is 5.07. The number of nitrogens with zero attached hydrogens (tertiary/aromatic N) is 5. The number of benzene rings is 2. The summed E-state index contributed by atoms with van der Waals surface area (Å²) in [7, 11) is 2.04. The summed E-state index contributed by atoms with van der Waals surface area (Å²) in [6.07, 6.45) is 4.85. The molecule has 1 saturated heterocycles. The van der Waals surface area contributed by atoms with Crippen LogP contribution in [0.2, 0.25) is 0 Å². The molecule has 0 unspecified atom stereocenters. The average molecular weight is 469 g/mol. The Balaban J connectivity index is 1.54. The number of hydrogen-bond donors (Lipinski definition) is 1. The van der Waals surface area contributed by atoms with Gasteiger partial charge in [0.25, 0.3) is 0 Å². The predicted molar refractivity (Wildman–Crippen MR) is 133 cm³/mol. The lowest BCUT2D eigenvalue weighted by Gasteiger charge is -2.28. The van der Waals surface area contributed by atoms with Crippen LogP contribution < -0.4 is 15.0 Å². The molecule has 2 aromatic carbocycles. The van der Waals surface area contributed by atoms with E-state index in [0.29, 0.717) is 18.1 Å². The molecule has 0 bridgehead atoms. The Morgan fingerprint density at radius 1 is 1.20 bits per heavy atom. The molecule has 1 atom stereocenters. The summed E-state index contributed by atoms with van der Waals surface area (Å²) in [5.74, 6) is 0.825. The van der Waals surface area contributed by atoms with Crippen molar-refractivity contribution in [1.29, 1.82) is 5.26 Å². The minimum absolute atomic E-state index is 0.0160. The van der Waals surface area contributed by atoms with Gasteiger partial charge in [-0.05, 0) is 61.3 Å². The number of ether oxygens (including phenoxy) is 1. The maximum Gasteiger partial charge on any atom is 0.142 e. The Morgan fingerprint density at radius 3 is 2.89 bits per heavy atom. The van der Waals surface area contributed by atoms with Gasteiger partial charge in [0.1, 0.15) is 29.8 Å². The van der Waals surface area contributed by atoms with Crippen LogP contribution in [-0.4, -0.2) is 47.8 Å². The van der Waals surface area contributed by atoms with Crippen molar-refractivity contribution in [2.75, 3.05) is 38.2 Å². The topological polar surface area (TPSA) is 79.0 Å². The van der Waals surface area contributed by atoms with E-state index in [-0.39, 0.29) is 5.56 Å². The molecule has 6 rings (SSSR count). The Kier molecular flexibility index (Phi) is 5.34. The zero-order valence-corrected chi connectivity index (χ0v) is 19.5. The van der Waals surface area contributed by atoms with Crippen LogP contribution in [0.25, 0.3) is 33.4 Å². The van der Waals surface area contributed by atoms with E-state index in [0.717, 1.165) is 71.9 Å². The van der Waals surface area contributed by atoms with Gasteiger partial charge < -0.3 is 19.5 Å². The largest absolute Gasteiger partial charge is 0.490 e. The first-order chi connectivity index (χ1) is 17.1. The highest BCUT2D eigenvalue weighted by Crippen LogP contribution is 2.40. The number of nitriles is 1. The Morgan fingerprint density at radius 2 is 2.09 bits per heavy atom. The summed E-state index contributed by atoms with van der Waals surface area (Å²) in [5, 5.41) is 12.6. The van der Waals surface area contributed by atoms with E-state index >= 15 is 0 Å². The fraction of sp³-hybridized carbons (Fsp3) is 0.296. The van der Waals surface area contributed by atoms with Crippen molar-refractivity contribution in [2.45, 2.75) is 13.0 Å². The number of imidazole rings is 1. The predicted octanol–water partition coefficient (Wildman–Crippen LogP) is 4.21. The number of aromatic nitrogens is 3. The molecule has 8 heteroatoms. The minimum atomic E-state index is -0.553. The summed E-state index contributed by atoms with van der Waals surface area (Å²) in [6, 6.07) is 12.6. The second-order valence-corrected chi connectivity index (χ2v) is 9.23. The molecule has 2 aromatic heterocycles. The van der Waals surface area contributed by atoms with Crippen molar-refractivity contribution in [3.8, 4) is 34.2 Å². The quantitative estimate of drug-likeness (QED) is 0.483. The van der Waals surface area contributed by atoms with Gasteiger partial charge in [0, 0.05) is 24.7 Å². The van der Waals surface area contributed by atoms with Crippen LogP contribution in [0.15, 0.2) is 48.9 Å². The number of anilines is 1. The molecule has 0 radical (unpaired) electrons. The van der Waals surface area contributed by atoms with Gasteiger partial charge in [0.05, 0.1) is 41.5 Å². The summed E-state index contributed by atoms with van der Waals surface area (Å²) >= 11 is 0. The highest BCUT2D eigenvalue weighted by Gasteiger charge is 2.22. The molecule has 1 N–H and O–H groups in total. The molecule has 4 heterocycles. The van der Waals surface area contributed by atoms with Gasteiger partial charge in [-0.2, -0.15) is 5.26 Å². The van der Waals surface area contributed by atoms with Crippen LogP contribution in [0.3, 0.4) is 0 Å². The molecule has 4 aromatic rings. The number of hydrogen-bond acceptors (Lipinski definition) is 6. The molecular formula is C27H25FN6O. The molecule has 0 saturated carbocycles. The van der Waals surface area contributed by atoms with Crippen molar-refractivity contribution in [3.63, 3.8) is 0 Å². The van der Waals surface area contributed by atoms with E-state index in [9.17, 15) is 9.65 Å². The van der Waals surface area contributed by atoms with Crippen molar-refractivity contribution < 1.29 is 9.13 Å². The third kappa shape index (κ3) is 3.78. The summed E-state index contributed by atoms with van der Waals surface area (Å²) < 4.78 is 22.7. The van der Waals surface area contributed by atoms with E-state index in [1.54, 1.807) is 6.07 Å². The lowest BCUT2D eigenvalue weighted by atomic mass is 9.96. The van der Waals surface area contributed by atoms with Crippen LogP contribution >= 0.6 is 0 Å². The SMILES string of the molecule is CN1CCOc2ccc(-c3ncc4c(ncn4C[C@H]4CCNC4)c3-c3ccc(C#N)c(F)c3)cc21. The van der Waals surface area contributed by atoms with Gasteiger partial charge in [-0.1, -0.05) is 6.07 Å². The van der Waals surface area contributed by atoms with E-state index < -0.39 is 5.82 Å². The molecule has 2 aliphatic heterocycles. The monoisotopic (exact) mass is 468 g/mol. The van der Waals surface area contributed by atoms with E-state index in [2.05, 4.69) is 20.9 Å². The molecular weight excluding hydrogens is 443 g/mol. The second kappa shape index (κ2) is 8.67. The number of halogens is 1. The van der Waals surface area contributed by atoms with Crippen LogP contribution in [0, 0.1) is 23.1 Å². The molecule has 7 nitrogen and oxygen atoms in total. The smallest absolute Gasteiger partial charge is 0.142 e. The Hall–Kier alpha value is -3.96. The molecule has 1 fully saturated rings. The number of likely N-dealkylation sites (N-methyl/N-ethyl adjacent to an activating group) is 1. The van der Waals surface area contributed by atoms with E-state index in [1.807, 2.05) is 37.8 Å². The van der Waals surface area contributed by atoms with Crippen molar-refractivity contribution in [3.05, 3.63) is 60.3 Å². The van der Waals surface area contributed by atoms with Gasteiger partial charge in [-0.3, -0.25) is 4.98 Å². The fourth-order valence-corrected chi connectivity index (χ4v) is 5.07. The molecule has 176 valence electrons. The average Bonchev–Trinajstić information content (AvgIpc) is 3.54. The third-order valence-electron chi connectivity index (χ3n) is 6.99. The summed E-state index contributed by atoms with van der Waals surface area (Å²) in [6.45, 7) is 4.33. The van der Waals surface area contributed by atoms with Gasteiger partial charge in [-0.15, -0.1) is 0 Å². The molecule has 0 spiro atoms.